The number of ketones is 1. The van der Waals surface area contributed by atoms with Crippen molar-refractivity contribution < 1.29 is 27.0 Å². The lowest BCUT2D eigenvalue weighted by atomic mass is 10.1. The molecule has 0 unspecified atom stereocenters. The summed E-state index contributed by atoms with van der Waals surface area (Å²) in [6.45, 7) is -0.0272. The van der Waals surface area contributed by atoms with Gasteiger partial charge in [-0.2, -0.15) is 8.42 Å². The van der Waals surface area contributed by atoms with Gasteiger partial charge in [-0.15, -0.1) is 0 Å². The van der Waals surface area contributed by atoms with Crippen LogP contribution in [0.2, 0.25) is 0 Å². The summed E-state index contributed by atoms with van der Waals surface area (Å²) in [7, 11) is -4.48. The predicted molar refractivity (Wildman–Crippen MR) is 78.2 cm³/mol. The molecule has 0 aliphatic carbocycles. The van der Waals surface area contributed by atoms with E-state index < -0.39 is 32.5 Å². The number of amides is 1. The molecular weight excluding hydrogens is 325 g/mol. The Morgan fingerprint density at radius 3 is 2.48 bits per heavy atom. The highest BCUT2D eigenvalue weighted by atomic mass is 32.2. The number of nitrogens with zero attached hydrogens (tertiary/aromatic N) is 1. The Morgan fingerprint density at radius 1 is 1.09 bits per heavy atom. The molecule has 1 amide bonds. The van der Waals surface area contributed by atoms with E-state index in [9.17, 15) is 22.4 Å². The van der Waals surface area contributed by atoms with E-state index in [4.69, 9.17) is 4.55 Å². The average Bonchev–Trinajstić information content (AvgIpc) is 2.71. The third-order valence-corrected chi connectivity index (χ3v) is 4.32. The number of benzene rings is 2. The van der Waals surface area contributed by atoms with Crippen molar-refractivity contribution in [2.45, 2.75) is 11.4 Å². The van der Waals surface area contributed by atoms with Crippen molar-refractivity contribution in [1.82, 2.24) is 0 Å². The van der Waals surface area contributed by atoms with Crippen molar-refractivity contribution in [3.8, 4) is 0 Å². The molecule has 0 saturated heterocycles. The average molecular weight is 335 g/mol. The normalized spacial score (nSPS) is 14.3. The van der Waals surface area contributed by atoms with E-state index in [1.807, 2.05) is 0 Å². The molecule has 8 heteroatoms. The summed E-state index contributed by atoms with van der Waals surface area (Å²) < 4.78 is 44.5. The van der Waals surface area contributed by atoms with Crippen molar-refractivity contribution >= 4 is 27.5 Å². The van der Waals surface area contributed by atoms with Crippen LogP contribution in [0.3, 0.4) is 0 Å². The van der Waals surface area contributed by atoms with Crippen LogP contribution >= 0.6 is 0 Å². The first-order valence-electron chi connectivity index (χ1n) is 6.49. The standard InChI is InChI=1S/C15H10FNO5S/c16-10-3-1-2-9(6-10)8-17-13-5-4-11(23(20,21)22)7-12(13)14(18)15(17)19/h1-7H,8H2,(H,20,21,22). The maximum Gasteiger partial charge on any atom is 0.299 e. The summed E-state index contributed by atoms with van der Waals surface area (Å²) in [4.78, 5) is 24.8. The van der Waals surface area contributed by atoms with Gasteiger partial charge in [-0.05, 0) is 35.9 Å². The number of halogens is 1. The van der Waals surface area contributed by atoms with Crippen molar-refractivity contribution in [3.05, 3.63) is 59.4 Å². The minimum atomic E-state index is -4.48. The van der Waals surface area contributed by atoms with Crippen LogP contribution < -0.4 is 4.90 Å². The Balaban J connectivity index is 2.03. The van der Waals surface area contributed by atoms with Gasteiger partial charge in [-0.3, -0.25) is 14.1 Å². The zero-order valence-corrected chi connectivity index (χ0v) is 12.4. The van der Waals surface area contributed by atoms with Gasteiger partial charge in [0.25, 0.3) is 21.8 Å². The first-order chi connectivity index (χ1) is 10.8. The number of carbonyl (C=O) groups is 2. The number of hydrogen-bond donors (Lipinski definition) is 1. The summed E-state index contributed by atoms with van der Waals surface area (Å²) in [6.07, 6.45) is 0. The second-order valence-corrected chi connectivity index (χ2v) is 6.43. The molecule has 1 N–H and O–H groups in total. The van der Waals surface area contributed by atoms with E-state index in [0.717, 1.165) is 17.0 Å². The molecule has 0 aromatic heterocycles. The van der Waals surface area contributed by atoms with E-state index in [1.165, 1.54) is 24.3 Å². The second kappa shape index (κ2) is 5.25. The monoisotopic (exact) mass is 335 g/mol. The Bertz CT molecular complexity index is 939. The Kier molecular flexibility index (Phi) is 3.50. The van der Waals surface area contributed by atoms with E-state index in [2.05, 4.69) is 0 Å². The minimum absolute atomic E-state index is 0.0272. The minimum Gasteiger partial charge on any atom is -0.300 e. The third kappa shape index (κ3) is 2.73. The van der Waals surface area contributed by atoms with Gasteiger partial charge >= 0.3 is 0 Å². The molecule has 0 saturated carbocycles. The lowest BCUT2D eigenvalue weighted by molar-refractivity contribution is -0.114. The lowest BCUT2D eigenvalue weighted by Crippen LogP contribution is -2.29. The lowest BCUT2D eigenvalue weighted by Gasteiger charge is -2.16. The highest BCUT2D eigenvalue weighted by Crippen LogP contribution is 2.32. The van der Waals surface area contributed by atoms with Gasteiger partial charge in [0.1, 0.15) is 5.82 Å². The van der Waals surface area contributed by atoms with Crippen LogP contribution in [0.1, 0.15) is 15.9 Å². The highest BCUT2D eigenvalue weighted by Gasteiger charge is 2.36. The molecule has 6 nitrogen and oxygen atoms in total. The number of rotatable bonds is 3. The molecule has 118 valence electrons. The molecule has 0 spiro atoms. The molecule has 0 fully saturated rings. The molecule has 23 heavy (non-hydrogen) atoms. The van der Waals surface area contributed by atoms with Crippen LogP contribution in [0.5, 0.6) is 0 Å². The molecule has 0 atom stereocenters. The first kappa shape index (κ1) is 15.3. The van der Waals surface area contributed by atoms with Crippen molar-refractivity contribution in [2.24, 2.45) is 0 Å². The van der Waals surface area contributed by atoms with Gasteiger partial charge in [-0.25, -0.2) is 4.39 Å². The summed E-state index contributed by atoms with van der Waals surface area (Å²) in [5.41, 5.74) is 0.594. The van der Waals surface area contributed by atoms with E-state index in [1.54, 1.807) is 6.07 Å². The van der Waals surface area contributed by atoms with Crippen LogP contribution in [0.25, 0.3) is 0 Å². The highest BCUT2D eigenvalue weighted by molar-refractivity contribution is 7.85. The Morgan fingerprint density at radius 2 is 1.83 bits per heavy atom. The first-order valence-corrected chi connectivity index (χ1v) is 7.93. The molecule has 1 aliphatic heterocycles. The second-order valence-electron chi connectivity index (χ2n) is 5.00. The zero-order valence-electron chi connectivity index (χ0n) is 11.6. The van der Waals surface area contributed by atoms with E-state index in [-0.39, 0.29) is 17.8 Å². The number of carbonyl (C=O) groups excluding carboxylic acids is 2. The Labute approximate surface area is 130 Å². The molecule has 0 bridgehead atoms. The maximum atomic E-state index is 13.2. The van der Waals surface area contributed by atoms with Gasteiger partial charge < -0.3 is 4.90 Å². The van der Waals surface area contributed by atoms with Crippen molar-refractivity contribution in [2.75, 3.05) is 4.90 Å². The van der Waals surface area contributed by atoms with Gasteiger partial charge in [-0.1, -0.05) is 12.1 Å². The number of anilines is 1. The van der Waals surface area contributed by atoms with Crippen LogP contribution in [0.4, 0.5) is 10.1 Å². The molecule has 1 aliphatic rings. The number of Topliss-reactive ketones (excluding diaryl/α,β-unsaturated/α-hetero) is 1. The largest absolute Gasteiger partial charge is 0.300 e. The van der Waals surface area contributed by atoms with Crippen LogP contribution in [0.15, 0.2) is 47.4 Å². The van der Waals surface area contributed by atoms with Crippen LogP contribution in [0, 0.1) is 5.82 Å². The van der Waals surface area contributed by atoms with Crippen molar-refractivity contribution in [3.63, 3.8) is 0 Å². The van der Waals surface area contributed by atoms with Gasteiger partial charge in [0.15, 0.2) is 0 Å². The van der Waals surface area contributed by atoms with Gasteiger partial charge in [0, 0.05) is 0 Å². The van der Waals surface area contributed by atoms with Gasteiger partial charge in [0.2, 0.25) is 0 Å². The zero-order chi connectivity index (χ0) is 16.8. The molecule has 3 rings (SSSR count). The summed E-state index contributed by atoms with van der Waals surface area (Å²) in [6, 6.07) is 8.89. The van der Waals surface area contributed by atoms with E-state index >= 15 is 0 Å². The molecular formula is C15H10FNO5S. The maximum absolute atomic E-state index is 13.2. The SMILES string of the molecule is O=C1C(=O)N(Cc2cccc(F)c2)c2ccc(S(=O)(=O)O)cc21. The molecule has 2 aromatic rings. The fraction of sp³-hybridized carbons (Fsp3) is 0.0667. The molecule has 1 heterocycles. The number of hydrogen-bond acceptors (Lipinski definition) is 4. The third-order valence-electron chi connectivity index (χ3n) is 3.47. The van der Waals surface area contributed by atoms with Crippen LogP contribution in [-0.4, -0.2) is 24.7 Å². The van der Waals surface area contributed by atoms with Crippen LogP contribution in [-0.2, 0) is 21.5 Å². The fourth-order valence-electron chi connectivity index (χ4n) is 2.41. The summed E-state index contributed by atoms with van der Waals surface area (Å²) >= 11 is 0. The van der Waals surface area contributed by atoms with Crippen molar-refractivity contribution in [1.29, 1.82) is 0 Å². The van der Waals surface area contributed by atoms with E-state index in [0.29, 0.717) is 5.56 Å². The Hall–Kier alpha value is -2.58. The van der Waals surface area contributed by atoms with Gasteiger partial charge in [0.05, 0.1) is 22.7 Å². The smallest absolute Gasteiger partial charge is 0.299 e. The summed E-state index contributed by atoms with van der Waals surface area (Å²) in [5.74, 6) is -2.18. The molecule has 2 aromatic carbocycles. The molecule has 0 radical (unpaired) electrons. The number of fused-ring (bicyclic) bond motifs is 1. The fourth-order valence-corrected chi connectivity index (χ4v) is 2.92. The topological polar surface area (TPSA) is 91.8 Å². The quantitative estimate of drug-likeness (QED) is 0.682. The summed E-state index contributed by atoms with van der Waals surface area (Å²) in [5, 5.41) is 0. The predicted octanol–water partition coefficient (Wildman–Crippen LogP) is 1.80.